The van der Waals surface area contributed by atoms with Gasteiger partial charge in [-0.3, -0.25) is 10.1 Å². The Morgan fingerprint density at radius 3 is 2.39 bits per heavy atom. The first-order valence-corrected chi connectivity index (χ1v) is 12.0. The first-order valence-electron chi connectivity index (χ1n) is 12.0. The summed E-state index contributed by atoms with van der Waals surface area (Å²) in [6.07, 6.45) is -1.53. The molecule has 6 nitrogen and oxygen atoms in total. The number of ether oxygens (including phenoxy) is 2. The number of rotatable bonds is 8. The number of carboxylic acid groups (broad SMARTS) is 1. The van der Waals surface area contributed by atoms with Crippen molar-refractivity contribution >= 4 is 18.1 Å². The molecule has 0 spiro atoms. The Morgan fingerprint density at radius 1 is 1.00 bits per heavy atom. The third-order valence-corrected chi connectivity index (χ3v) is 6.56. The molecule has 0 amide bonds. The van der Waals surface area contributed by atoms with Gasteiger partial charge >= 0.3 is 12.1 Å². The zero-order valence-electron chi connectivity index (χ0n) is 20.9. The van der Waals surface area contributed by atoms with E-state index in [1.165, 1.54) is 25.1 Å². The third kappa shape index (κ3) is 5.84. The lowest BCUT2D eigenvalue weighted by atomic mass is 9.95. The van der Waals surface area contributed by atoms with E-state index in [9.17, 15) is 28.2 Å². The van der Waals surface area contributed by atoms with E-state index in [1.54, 1.807) is 6.08 Å². The highest BCUT2D eigenvalue weighted by Gasteiger charge is 2.34. The van der Waals surface area contributed by atoms with Gasteiger partial charge in [-0.2, -0.15) is 13.2 Å². The maximum absolute atomic E-state index is 13.8. The number of nitrogens with one attached hydrogen (secondary N) is 1. The monoisotopic (exact) mass is 527 g/mol. The number of hydrogen-bond acceptors (Lipinski definition) is 5. The van der Waals surface area contributed by atoms with E-state index in [4.69, 9.17) is 9.47 Å². The molecular weight excluding hydrogens is 499 g/mol. The number of hydrogen-bond donors (Lipinski definition) is 3. The second-order valence-electron chi connectivity index (χ2n) is 9.28. The molecule has 1 heterocycles. The van der Waals surface area contributed by atoms with E-state index < -0.39 is 29.9 Å². The highest BCUT2D eigenvalue weighted by Crippen LogP contribution is 2.37. The molecule has 38 heavy (non-hydrogen) atoms. The zero-order chi connectivity index (χ0) is 27.5. The van der Waals surface area contributed by atoms with E-state index >= 15 is 0 Å². The van der Waals surface area contributed by atoms with Crippen molar-refractivity contribution in [2.45, 2.75) is 32.1 Å². The molecule has 0 saturated carbocycles. The molecule has 3 N–H and O–H groups in total. The summed E-state index contributed by atoms with van der Waals surface area (Å²) in [4.78, 5) is 11.4. The number of aliphatic hydroxyl groups is 1. The fourth-order valence-electron chi connectivity index (χ4n) is 4.15. The topological polar surface area (TPSA) is 88.0 Å². The smallest absolute Gasteiger partial charge is 0.416 e. The summed E-state index contributed by atoms with van der Waals surface area (Å²) in [7, 11) is 0. The lowest BCUT2D eigenvalue weighted by Gasteiger charge is -2.24. The Hall–Kier alpha value is -3.82. The van der Waals surface area contributed by atoms with Crippen LogP contribution >= 0.6 is 0 Å². The van der Waals surface area contributed by atoms with Gasteiger partial charge in [-0.15, -0.1) is 0 Å². The van der Waals surface area contributed by atoms with E-state index in [2.05, 4.69) is 5.32 Å². The average Bonchev–Trinajstić information content (AvgIpc) is 2.90. The van der Waals surface area contributed by atoms with Gasteiger partial charge in [-0.25, -0.2) is 0 Å². The number of carbonyl (C=O) groups is 1. The predicted octanol–water partition coefficient (Wildman–Crippen LogP) is 5.55. The minimum atomic E-state index is -4.57. The van der Waals surface area contributed by atoms with Crippen molar-refractivity contribution in [2.24, 2.45) is 0 Å². The molecule has 200 valence electrons. The van der Waals surface area contributed by atoms with Crippen molar-refractivity contribution in [2.75, 3.05) is 19.8 Å². The number of halogens is 3. The molecule has 3 aromatic carbocycles. The Morgan fingerprint density at radius 2 is 1.71 bits per heavy atom. The van der Waals surface area contributed by atoms with Gasteiger partial charge in [-0.1, -0.05) is 42.5 Å². The standard InChI is InChI=1S/C29H28F3NO5/c1-18-20(4-3-5-23(18)21-9-11-25-26(15-21)38-13-12-37-25)7-8-22-14-19(6-10-24(22)29(30,31)32)16-33-28(2,17-34)27(35)36/h3-11,14-15,33-34H,12-13,16-17H2,1-2H3,(H,35,36). The maximum atomic E-state index is 13.8. The Labute approximate surface area is 218 Å². The van der Waals surface area contributed by atoms with Gasteiger partial charge in [0.15, 0.2) is 11.5 Å². The van der Waals surface area contributed by atoms with Crippen molar-refractivity contribution in [1.82, 2.24) is 5.32 Å². The first-order chi connectivity index (χ1) is 18.0. The molecule has 0 bridgehead atoms. The summed E-state index contributed by atoms with van der Waals surface area (Å²) in [5.41, 5.74) is 1.40. The Kier molecular flexibility index (Phi) is 7.80. The number of benzene rings is 3. The summed E-state index contributed by atoms with van der Waals surface area (Å²) in [5, 5.41) is 21.4. The number of carboxylic acids is 1. The molecule has 1 aliphatic heterocycles. The predicted molar refractivity (Wildman–Crippen MR) is 138 cm³/mol. The summed E-state index contributed by atoms with van der Waals surface area (Å²) >= 11 is 0. The molecule has 1 aliphatic rings. The summed E-state index contributed by atoms with van der Waals surface area (Å²) < 4.78 is 52.6. The van der Waals surface area contributed by atoms with Crippen LogP contribution in [0.25, 0.3) is 23.3 Å². The van der Waals surface area contributed by atoms with Crippen LogP contribution in [0.1, 0.15) is 34.7 Å². The van der Waals surface area contributed by atoms with Crippen LogP contribution in [0.4, 0.5) is 13.2 Å². The quantitative estimate of drug-likeness (QED) is 0.333. The zero-order valence-corrected chi connectivity index (χ0v) is 20.9. The molecule has 0 radical (unpaired) electrons. The summed E-state index contributed by atoms with van der Waals surface area (Å²) in [6, 6.07) is 14.9. The molecule has 9 heteroatoms. The Balaban J connectivity index is 1.65. The number of fused-ring (bicyclic) bond motifs is 1. The van der Waals surface area contributed by atoms with Gasteiger partial charge in [0.05, 0.1) is 12.2 Å². The minimum Gasteiger partial charge on any atom is -0.486 e. The Bertz CT molecular complexity index is 1370. The highest BCUT2D eigenvalue weighted by molar-refractivity contribution is 5.79. The van der Waals surface area contributed by atoms with Crippen LogP contribution in [-0.2, 0) is 17.5 Å². The summed E-state index contributed by atoms with van der Waals surface area (Å²) in [5.74, 6) is 0.0559. The number of aliphatic carboxylic acids is 1. The van der Waals surface area contributed by atoms with E-state index in [0.717, 1.165) is 28.3 Å². The van der Waals surface area contributed by atoms with Gasteiger partial charge in [0.25, 0.3) is 0 Å². The largest absolute Gasteiger partial charge is 0.486 e. The van der Waals surface area contributed by atoms with Crippen LogP contribution in [0.2, 0.25) is 0 Å². The maximum Gasteiger partial charge on any atom is 0.416 e. The molecule has 0 aromatic heterocycles. The highest BCUT2D eigenvalue weighted by atomic mass is 19.4. The van der Waals surface area contributed by atoms with Crippen LogP contribution in [0.5, 0.6) is 11.5 Å². The number of alkyl halides is 3. The lowest BCUT2D eigenvalue weighted by Crippen LogP contribution is -2.52. The van der Waals surface area contributed by atoms with Gasteiger partial charge in [-0.05, 0) is 71.5 Å². The van der Waals surface area contributed by atoms with Crippen molar-refractivity contribution in [1.29, 1.82) is 0 Å². The molecule has 0 aliphatic carbocycles. The number of aliphatic hydroxyl groups excluding tert-OH is 1. The second-order valence-corrected chi connectivity index (χ2v) is 9.28. The van der Waals surface area contributed by atoms with Crippen LogP contribution < -0.4 is 14.8 Å². The van der Waals surface area contributed by atoms with E-state index in [-0.39, 0.29) is 12.1 Å². The van der Waals surface area contributed by atoms with Crippen LogP contribution in [0.15, 0.2) is 54.6 Å². The van der Waals surface area contributed by atoms with Gasteiger partial charge in [0.1, 0.15) is 18.8 Å². The minimum absolute atomic E-state index is 0.0407. The molecule has 3 aromatic rings. The van der Waals surface area contributed by atoms with Crippen molar-refractivity contribution in [3.8, 4) is 22.6 Å². The van der Waals surface area contributed by atoms with Crippen molar-refractivity contribution in [3.63, 3.8) is 0 Å². The normalized spacial score (nSPS) is 14.9. The van der Waals surface area contributed by atoms with Gasteiger partial charge < -0.3 is 19.7 Å². The van der Waals surface area contributed by atoms with Crippen molar-refractivity contribution in [3.05, 3.63) is 82.4 Å². The van der Waals surface area contributed by atoms with Crippen LogP contribution in [0.3, 0.4) is 0 Å². The summed E-state index contributed by atoms with van der Waals surface area (Å²) in [6.45, 7) is 3.44. The molecule has 0 fully saturated rings. The molecule has 0 saturated heterocycles. The van der Waals surface area contributed by atoms with Gasteiger partial charge in [0, 0.05) is 6.54 Å². The molecular formula is C29H28F3NO5. The molecule has 1 unspecified atom stereocenters. The molecule has 4 rings (SSSR count). The SMILES string of the molecule is Cc1c(C=Cc2cc(CNC(C)(CO)C(=O)O)ccc2C(F)(F)F)cccc1-c1ccc2c(c1)OCCO2. The van der Waals surface area contributed by atoms with E-state index in [1.807, 2.05) is 43.3 Å². The second kappa shape index (κ2) is 10.9. The van der Waals surface area contributed by atoms with E-state index in [0.29, 0.717) is 30.3 Å². The fourth-order valence-corrected chi connectivity index (χ4v) is 4.15. The van der Waals surface area contributed by atoms with Crippen LogP contribution in [0, 0.1) is 6.92 Å². The fraction of sp³-hybridized carbons (Fsp3) is 0.276. The van der Waals surface area contributed by atoms with Crippen molar-refractivity contribution < 1.29 is 37.7 Å². The van der Waals surface area contributed by atoms with Gasteiger partial charge in [0.2, 0.25) is 0 Å². The molecule has 1 atom stereocenters. The van der Waals surface area contributed by atoms with Crippen LogP contribution in [-0.4, -0.2) is 41.5 Å². The third-order valence-electron chi connectivity index (χ3n) is 6.56. The lowest BCUT2D eigenvalue weighted by molar-refractivity contribution is -0.146. The first kappa shape index (κ1) is 27.2. The average molecular weight is 528 g/mol.